The molecule has 3 nitrogen and oxygen atoms in total. The quantitative estimate of drug-likeness (QED) is 0.801. The molecule has 1 fully saturated rings. The smallest absolute Gasteiger partial charge is 0.119 e. The molecule has 1 aliphatic heterocycles. The molecule has 0 radical (unpaired) electrons. The summed E-state index contributed by atoms with van der Waals surface area (Å²) in [5.74, 6) is 0.458. The number of benzene rings is 2. The average molecular weight is 380 g/mol. The molecule has 2 aromatic rings. The molecule has 2 unspecified atom stereocenters. The zero-order valence-electron chi connectivity index (χ0n) is 17.6. The van der Waals surface area contributed by atoms with Crippen LogP contribution in [-0.2, 0) is 23.2 Å². The topological polar surface area (TPSA) is 32.7 Å². The number of phenolic OH excluding ortho intramolecular Hbond substituents is 1. The number of fused-ring (bicyclic) bond motifs is 4. The third kappa shape index (κ3) is 3.15. The van der Waals surface area contributed by atoms with E-state index >= 15 is 0 Å². The van der Waals surface area contributed by atoms with Gasteiger partial charge < -0.3 is 9.84 Å². The number of ether oxygens (including phenoxy) is 1. The highest BCUT2D eigenvalue weighted by molar-refractivity contribution is 5.48. The lowest BCUT2D eigenvalue weighted by molar-refractivity contribution is -0.0651. The predicted octanol–water partition coefficient (Wildman–Crippen LogP) is 4.91. The van der Waals surface area contributed by atoms with E-state index in [0.717, 1.165) is 31.5 Å². The van der Waals surface area contributed by atoms with Gasteiger partial charge in [0.15, 0.2) is 0 Å². The van der Waals surface area contributed by atoms with Crippen LogP contribution in [0.4, 0.5) is 0 Å². The summed E-state index contributed by atoms with van der Waals surface area (Å²) in [6.45, 7) is 12.1. The Kier molecular flexibility index (Phi) is 5.01. The lowest BCUT2D eigenvalue weighted by Gasteiger charge is -2.61. The van der Waals surface area contributed by atoms with Crippen molar-refractivity contribution in [2.24, 2.45) is 5.41 Å². The molecule has 150 valence electrons. The highest BCUT2D eigenvalue weighted by atomic mass is 16.5. The normalized spacial score (nSPS) is 27.2. The van der Waals surface area contributed by atoms with Gasteiger partial charge in [0, 0.05) is 18.0 Å². The van der Waals surface area contributed by atoms with Gasteiger partial charge in [-0.15, -0.1) is 0 Å². The van der Waals surface area contributed by atoms with E-state index in [4.69, 9.17) is 4.74 Å². The number of nitrogens with zero attached hydrogens (tertiary/aromatic N) is 1. The van der Waals surface area contributed by atoms with E-state index in [1.54, 1.807) is 0 Å². The van der Waals surface area contributed by atoms with Crippen LogP contribution in [0.15, 0.2) is 48.5 Å². The Hall–Kier alpha value is -1.84. The van der Waals surface area contributed by atoms with Gasteiger partial charge in [-0.05, 0) is 54.5 Å². The van der Waals surface area contributed by atoms with E-state index in [1.165, 1.54) is 11.1 Å². The largest absolute Gasteiger partial charge is 0.508 e. The summed E-state index contributed by atoms with van der Waals surface area (Å²) >= 11 is 0. The molecule has 1 aliphatic carbocycles. The summed E-state index contributed by atoms with van der Waals surface area (Å²) in [6.07, 6.45) is 2.19. The van der Waals surface area contributed by atoms with Crippen molar-refractivity contribution in [2.45, 2.75) is 64.7 Å². The Bertz CT molecular complexity index is 832. The van der Waals surface area contributed by atoms with Crippen LogP contribution in [0.2, 0.25) is 0 Å². The molecule has 2 aromatic carbocycles. The maximum atomic E-state index is 10.5. The first kappa shape index (κ1) is 19.5. The molecular weight excluding hydrogens is 346 g/mol. The highest BCUT2D eigenvalue weighted by Crippen LogP contribution is 2.57. The minimum absolute atomic E-state index is 0.0919. The summed E-state index contributed by atoms with van der Waals surface area (Å²) in [7, 11) is 0. The van der Waals surface area contributed by atoms with E-state index in [2.05, 4.69) is 62.9 Å². The highest BCUT2D eigenvalue weighted by Gasteiger charge is 2.56. The second-order valence-corrected chi connectivity index (χ2v) is 9.43. The Morgan fingerprint density at radius 3 is 2.61 bits per heavy atom. The van der Waals surface area contributed by atoms with Gasteiger partial charge in [-0.2, -0.15) is 0 Å². The third-order valence-electron chi connectivity index (χ3n) is 7.61. The second kappa shape index (κ2) is 7.20. The maximum Gasteiger partial charge on any atom is 0.119 e. The second-order valence-electron chi connectivity index (χ2n) is 9.43. The maximum absolute atomic E-state index is 10.5. The van der Waals surface area contributed by atoms with E-state index in [9.17, 15) is 5.11 Å². The zero-order chi connectivity index (χ0) is 19.9. The van der Waals surface area contributed by atoms with Crippen molar-refractivity contribution < 1.29 is 9.84 Å². The molecule has 3 atom stereocenters. The van der Waals surface area contributed by atoms with Crippen LogP contribution >= 0.6 is 0 Å². The Labute approximate surface area is 169 Å². The zero-order valence-corrected chi connectivity index (χ0v) is 17.6. The van der Waals surface area contributed by atoms with Crippen LogP contribution < -0.4 is 0 Å². The molecule has 1 heterocycles. The van der Waals surface area contributed by atoms with Crippen molar-refractivity contribution in [2.75, 3.05) is 13.1 Å². The molecule has 28 heavy (non-hydrogen) atoms. The van der Waals surface area contributed by atoms with Crippen LogP contribution in [0.25, 0.3) is 0 Å². The molecular formula is C25H33NO2. The monoisotopic (exact) mass is 379 g/mol. The number of phenols is 1. The van der Waals surface area contributed by atoms with Crippen LogP contribution in [0.3, 0.4) is 0 Å². The van der Waals surface area contributed by atoms with Gasteiger partial charge in [0.25, 0.3) is 0 Å². The van der Waals surface area contributed by atoms with Gasteiger partial charge in [0.05, 0.1) is 12.7 Å². The van der Waals surface area contributed by atoms with Gasteiger partial charge >= 0.3 is 0 Å². The number of likely N-dealkylation sites (tertiary alicyclic amines) is 1. The van der Waals surface area contributed by atoms with Crippen LogP contribution in [0.5, 0.6) is 5.75 Å². The van der Waals surface area contributed by atoms with Crippen molar-refractivity contribution in [3.05, 3.63) is 65.2 Å². The fourth-order valence-electron chi connectivity index (χ4n) is 5.45. The van der Waals surface area contributed by atoms with Gasteiger partial charge in [-0.25, -0.2) is 0 Å². The molecule has 1 N–H and O–H groups in total. The first-order chi connectivity index (χ1) is 13.3. The summed E-state index contributed by atoms with van der Waals surface area (Å²) < 4.78 is 6.16. The molecule has 0 amide bonds. The first-order valence-corrected chi connectivity index (χ1v) is 10.5. The minimum atomic E-state index is 0.0919. The standard InChI is InChI=1S/C25H33NO2/c1-18(28-17-19-9-6-5-7-10-19)16-26-14-13-25(4)21-11-8-12-22(27)20(21)15-23(26)24(25,2)3/h5-12,18,23,27H,13-17H2,1-4H3/t18-,23?,25?/m0/s1. The van der Waals surface area contributed by atoms with Crippen molar-refractivity contribution >= 4 is 0 Å². The molecule has 0 spiro atoms. The SMILES string of the molecule is C[C@@H](CN1CCC2(C)c3cccc(O)c3CC1C2(C)C)OCc1ccccc1. The van der Waals surface area contributed by atoms with Crippen molar-refractivity contribution in [1.29, 1.82) is 0 Å². The van der Waals surface area contributed by atoms with Crippen LogP contribution in [0.1, 0.15) is 50.8 Å². The number of rotatable bonds is 5. The molecule has 2 aliphatic rings. The van der Waals surface area contributed by atoms with Crippen molar-refractivity contribution in [3.63, 3.8) is 0 Å². The molecule has 2 bridgehead atoms. The average Bonchev–Trinajstić information content (AvgIpc) is 2.67. The number of hydrogen-bond acceptors (Lipinski definition) is 3. The van der Waals surface area contributed by atoms with Gasteiger partial charge in [0.1, 0.15) is 5.75 Å². The first-order valence-electron chi connectivity index (χ1n) is 10.5. The molecule has 4 rings (SSSR count). The van der Waals surface area contributed by atoms with Crippen LogP contribution in [-0.4, -0.2) is 35.2 Å². The molecule has 3 heteroatoms. The summed E-state index contributed by atoms with van der Waals surface area (Å²) in [6, 6.07) is 16.9. The Morgan fingerprint density at radius 1 is 1.11 bits per heavy atom. The summed E-state index contributed by atoms with van der Waals surface area (Å²) in [5.41, 5.74) is 3.95. The van der Waals surface area contributed by atoms with Gasteiger partial charge in [0.2, 0.25) is 0 Å². The minimum Gasteiger partial charge on any atom is -0.508 e. The third-order valence-corrected chi connectivity index (χ3v) is 7.61. The lowest BCUT2D eigenvalue weighted by Crippen LogP contribution is -2.64. The number of piperidine rings is 1. The number of hydrogen-bond donors (Lipinski definition) is 1. The molecule has 1 saturated heterocycles. The summed E-state index contributed by atoms with van der Waals surface area (Å²) in [5, 5.41) is 10.5. The number of aromatic hydroxyl groups is 1. The Balaban J connectivity index is 1.51. The van der Waals surface area contributed by atoms with E-state index in [-0.39, 0.29) is 16.9 Å². The van der Waals surface area contributed by atoms with E-state index in [1.807, 2.05) is 18.2 Å². The van der Waals surface area contributed by atoms with E-state index in [0.29, 0.717) is 18.4 Å². The van der Waals surface area contributed by atoms with Crippen molar-refractivity contribution in [1.82, 2.24) is 4.90 Å². The van der Waals surface area contributed by atoms with Gasteiger partial charge in [-0.3, -0.25) is 4.90 Å². The van der Waals surface area contributed by atoms with Crippen molar-refractivity contribution in [3.8, 4) is 5.75 Å². The molecule has 0 aromatic heterocycles. The Morgan fingerprint density at radius 2 is 1.86 bits per heavy atom. The van der Waals surface area contributed by atoms with Crippen LogP contribution in [0, 0.1) is 5.41 Å². The summed E-state index contributed by atoms with van der Waals surface area (Å²) in [4.78, 5) is 2.60. The van der Waals surface area contributed by atoms with Gasteiger partial charge in [-0.1, -0.05) is 63.2 Å². The predicted molar refractivity (Wildman–Crippen MR) is 114 cm³/mol. The molecule has 0 saturated carbocycles. The fourth-order valence-corrected chi connectivity index (χ4v) is 5.45. The fraction of sp³-hybridized carbons (Fsp3) is 0.520. The lowest BCUT2D eigenvalue weighted by atomic mass is 9.51. The van der Waals surface area contributed by atoms with E-state index < -0.39 is 0 Å².